The van der Waals surface area contributed by atoms with Crippen LogP contribution < -0.4 is 9.80 Å². The Kier molecular flexibility index (Phi) is 7.29. The molecule has 36 heavy (non-hydrogen) atoms. The van der Waals surface area contributed by atoms with E-state index in [2.05, 4.69) is 30.9 Å². The molecule has 3 aromatic rings. The van der Waals surface area contributed by atoms with Crippen LogP contribution in [0, 0.1) is 20.8 Å². The van der Waals surface area contributed by atoms with Crippen LogP contribution in [-0.4, -0.2) is 68.3 Å². The highest BCUT2D eigenvalue weighted by Crippen LogP contribution is 2.32. The van der Waals surface area contributed by atoms with Crippen LogP contribution in [0.3, 0.4) is 0 Å². The topological polar surface area (TPSA) is 96.2 Å². The number of fused-ring (bicyclic) bond motifs is 1. The van der Waals surface area contributed by atoms with E-state index in [0.29, 0.717) is 50.0 Å². The van der Waals surface area contributed by atoms with Gasteiger partial charge >= 0.3 is 6.09 Å². The van der Waals surface area contributed by atoms with Crippen molar-refractivity contribution in [1.29, 1.82) is 0 Å². The van der Waals surface area contributed by atoms with E-state index in [-0.39, 0.29) is 5.91 Å². The zero-order chi connectivity index (χ0) is 26.4. The van der Waals surface area contributed by atoms with E-state index >= 15 is 0 Å². The molecule has 12 heteroatoms. The smallest absolute Gasteiger partial charge is 0.416 e. The number of hydrogen-bond acceptors (Lipinski definition) is 8. The Morgan fingerprint density at radius 2 is 1.78 bits per heavy atom. The summed E-state index contributed by atoms with van der Waals surface area (Å²) in [7, 11) is 0. The summed E-state index contributed by atoms with van der Waals surface area (Å²) in [6.07, 6.45) is -0.475. The average Bonchev–Trinajstić information content (AvgIpc) is 3.27. The van der Waals surface area contributed by atoms with E-state index in [1.165, 1.54) is 0 Å². The van der Waals surface area contributed by atoms with E-state index in [9.17, 15) is 9.59 Å². The Morgan fingerprint density at radius 1 is 1.11 bits per heavy atom. The number of rotatable bonds is 4. The molecule has 4 heterocycles. The highest BCUT2D eigenvalue weighted by Gasteiger charge is 2.30. The lowest BCUT2D eigenvalue weighted by Gasteiger charge is -2.35. The number of aryl methyl sites for hydroxylation is 3. The van der Waals surface area contributed by atoms with Gasteiger partial charge in [-0.3, -0.25) is 9.69 Å². The fourth-order valence-corrected chi connectivity index (χ4v) is 5.36. The van der Waals surface area contributed by atoms with Gasteiger partial charge in [-0.05, 0) is 57.5 Å². The number of amides is 2. The number of thiazole rings is 1. The maximum Gasteiger partial charge on any atom is 0.416 e. The van der Waals surface area contributed by atoms with E-state index < -0.39 is 11.7 Å². The molecule has 0 spiro atoms. The molecule has 0 bridgehead atoms. The molecule has 0 aliphatic carbocycles. The highest BCUT2D eigenvalue weighted by atomic mass is 79.9. The second-order valence-corrected chi connectivity index (χ2v) is 12.0. The third-order valence-corrected chi connectivity index (χ3v) is 7.89. The van der Waals surface area contributed by atoms with Crippen molar-refractivity contribution < 1.29 is 14.3 Å². The summed E-state index contributed by atoms with van der Waals surface area (Å²) in [5, 5.41) is 5.62. The Morgan fingerprint density at radius 3 is 2.33 bits per heavy atom. The predicted molar refractivity (Wildman–Crippen MR) is 144 cm³/mol. The van der Waals surface area contributed by atoms with Gasteiger partial charge in [0.05, 0.1) is 27.4 Å². The lowest BCUT2D eigenvalue weighted by Crippen LogP contribution is -2.48. The Labute approximate surface area is 223 Å². The maximum atomic E-state index is 13.6. The van der Waals surface area contributed by atoms with Crippen molar-refractivity contribution in [3.8, 4) is 0 Å². The number of nitrogens with zero attached hydrogens (tertiary/aromatic N) is 7. The summed E-state index contributed by atoms with van der Waals surface area (Å²) in [5.41, 5.74) is 1.58. The summed E-state index contributed by atoms with van der Waals surface area (Å²) in [4.78, 5) is 41.4. The summed E-state index contributed by atoms with van der Waals surface area (Å²) in [6, 6.07) is 1.88. The maximum absolute atomic E-state index is 13.6. The lowest BCUT2D eigenvalue weighted by atomic mass is 10.2. The van der Waals surface area contributed by atoms with E-state index in [1.54, 1.807) is 27.7 Å². The van der Waals surface area contributed by atoms with Crippen molar-refractivity contribution in [1.82, 2.24) is 24.5 Å². The van der Waals surface area contributed by atoms with Crippen molar-refractivity contribution in [2.75, 3.05) is 36.0 Å². The molecular formula is C24H32BrN7O3S. The number of ether oxygens (including phenoxy) is 1. The number of halogens is 1. The summed E-state index contributed by atoms with van der Waals surface area (Å²) >= 11 is 5.19. The van der Waals surface area contributed by atoms with Crippen molar-refractivity contribution >= 4 is 56.6 Å². The van der Waals surface area contributed by atoms with Crippen molar-refractivity contribution in [3.05, 3.63) is 31.8 Å². The Hall–Kier alpha value is -2.73. The monoisotopic (exact) mass is 577 g/mol. The molecular weight excluding hydrogens is 546 g/mol. The zero-order valence-electron chi connectivity index (χ0n) is 21.8. The van der Waals surface area contributed by atoms with Gasteiger partial charge in [0.25, 0.3) is 0 Å². The molecule has 4 rings (SSSR count). The van der Waals surface area contributed by atoms with Crippen LogP contribution >= 0.6 is 27.3 Å². The van der Waals surface area contributed by atoms with Gasteiger partial charge in [-0.25, -0.2) is 14.8 Å². The van der Waals surface area contributed by atoms with Gasteiger partial charge in [0.15, 0.2) is 5.65 Å². The first kappa shape index (κ1) is 26.3. The number of hydrogen-bond donors (Lipinski definition) is 0. The quantitative estimate of drug-likeness (QED) is 0.451. The molecule has 1 aliphatic heterocycles. The van der Waals surface area contributed by atoms with Gasteiger partial charge in [0, 0.05) is 44.0 Å². The normalized spacial score (nSPS) is 14.4. The number of piperazine rings is 1. The van der Waals surface area contributed by atoms with Crippen molar-refractivity contribution in [2.45, 2.75) is 60.6 Å². The molecule has 0 atom stereocenters. The minimum Gasteiger partial charge on any atom is -0.443 e. The van der Waals surface area contributed by atoms with Gasteiger partial charge in [-0.2, -0.15) is 9.61 Å². The summed E-state index contributed by atoms with van der Waals surface area (Å²) in [5.74, 6) is 1.34. The van der Waals surface area contributed by atoms with E-state index in [0.717, 1.165) is 25.7 Å². The van der Waals surface area contributed by atoms with E-state index in [1.807, 2.05) is 52.5 Å². The molecule has 0 saturated carbocycles. The van der Waals surface area contributed by atoms with Gasteiger partial charge in [0.1, 0.15) is 17.2 Å². The fourth-order valence-electron chi connectivity index (χ4n) is 4.09. The van der Waals surface area contributed by atoms with Gasteiger partial charge < -0.3 is 14.5 Å². The Bertz CT molecular complexity index is 1310. The molecule has 1 saturated heterocycles. The molecule has 1 aliphatic rings. The van der Waals surface area contributed by atoms with Crippen LogP contribution in [0.1, 0.15) is 49.0 Å². The van der Waals surface area contributed by atoms with Crippen molar-refractivity contribution in [2.24, 2.45) is 0 Å². The first-order chi connectivity index (χ1) is 16.8. The third-order valence-electron chi connectivity index (χ3n) is 5.90. The molecule has 0 radical (unpaired) electrons. The fraction of sp³-hybridized carbons (Fsp3) is 0.542. The predicted octanol–water partition coefficient (Wildman–Crippen LogP) is 4.48. The number of carbonyl (C=O) groups is 2. The van der Waals surface area contributed by atoms with E-state index in [4.69, 9.17) is 9.72 Å². The summed E-state index contributed by atoms with van der Waals surface area (Å²) in [6.45, 7) is 15.7. The second kappa shape index (κ2) is 9.97. The van der Waals surface area contributed by atoms with Crippen LogP contribution in [0.15, 0.2) is 10.5 Å². The average molecular weight is 579 g/mol. The third kappa shape index (κ3) is 5.49. The van der Waals surface area contributed by atoms with Gasteiger partial charge in [-0.1, -0.05) is 0 Å². The molecule has 0 unspecified atom stereocenters. The van der Waals surface area contributed by atoms with Crippen LogP contribution in [0.2, 0.25) is 0 Å². The molecule has 0 N–H and O–H groups in total. The lowest BCUT2D eigenvalue weighted by molar-refractivity contribution is -0.129. The first-order valence-electron chi connectivity index (χ1n) is 11.8. The molecule has 2 amide bonds. The second-order valence-electron chi connectivity index (χ2n) is 9.91. The molecule has 1 fully saturated rings. The molecule has 0 aromatic carbocycles. The van der Waals surface area contributed by atoms with Crippen LogP contribution in [-0.2, 0) is 16.1 Å². The van der Waals surface area contributed by atoms with Crippen LogP contribution in [0.25, 0.3) is 5.65 Å². The minimum absolute atomic E-state index is 0.0687. The Balaban J connectivity index is 1.82. The standard InChI is InChI=1S/C24H32BrN7O3S/c1-14-18(36-16(3)26-14)13-31(23(34)35-24(5,6)7)20-12-19(27-22-21(25)15(2)28-32(20)22)30-10-8-29(9-11-30)17(4)33/h12H,8-11,13H2,1-7H3. The molecule has 10 nitrogen and oxygen atoms in total. The van der Waals surface area contributed by atoms with Gasteiger partial charge in [-0.15, -0.1) is 11.3 Å². The van der Waals surface area contributed by atoms with Gasteiger partial charge in [0.2, 0.25) is 5.91 Å². The number of anilines is 2. The molecule has 194 valence electrons. The minimum atomic E-state index is -0.674. The summed E-state index contributed by atoms with van der Waals surface area (Å²) < 4.78 is 8.27. The SMILES string of the molecule is CC(=O)N1CCN(c2cc(N(Cc3sc(C)nc3C)C(=O)OC(C)(C)C)n3nc(C)c(Br)c3n2)CC1. The van der Waals surface area contributed by atoms with Crippen LogP contribution in [0.5, 0.6) is 0 Å². The zero-order valence-corrected chi connectivity index (χ0v) is 24.2. The first-order valence-corrected chi connectivity index (χ1v) is 13.4. The molecule has 3 aromatic heterocycles. The number of carbonyl (C=O) groups excluding carboxylic acids is 2. The van der Waals surface area contributed by atoms with Crippen LogP contribution in [0.4, 0.5) is 16.4 Å². The largest absolute Gasteiger partial charge is 0.443 e. The number of aromatic nitrogens is 4. The van der Waals surface area contributed by atoms with Crippen molar-refractivity contribution in [3.63, 3.8) is 0 Å². The highest BCUT2D eigenvalue weighted by molar-refractivity contribution is 9.10.